The van der Waals surface area contributed by atoms with E-state index >= 15 is 0 Å². The first-order valence-corrected chi connectivity index (χ1v) is 9.22. The van der Waals surface area contributed by atoms with Gasteiger partial charge in [0.05, 0.1) is 6.61 Å². The van der Waals surface area contributed by atoms with Crippen LogP contribution >= 0.6 is 23.1 Å². The lowest BCUT2D eigenvalue weighted by Gasteiger charge is -2.21. The van der Waals surface area contributed by atoms with Crippen LogP contribution in [0.4, 0.5) is 0 Å². The van der Waals surface area contributed by atoms with Crippen LogP contribution in [0.1, 0.15) is 25.6 Å². The standard InChI is InChI=1S/C17H22O4S2/c1-5-20-16(18)17(2,3)22-10-14-9-12-8-13(21-11-19-4)6-7-15(12)23-14/h6-9H,5,10-11H2,1-4H3. The summed E-state index contributed by atoms with van der Waals surface area (Å²) < 4.78 is 16.2. The van der Waals surface area contributed by atoms with Gasteiger partial charge >= 0.3 is 5.97 Å². The SMILES string of the molecule is CCOC(=O)C(C)(C)SCc1cc2cc(OCOC)ccc2s1. The minimum Gasteiger partial charge on any atom is -0.468 e. The van der Waals surface area contributed by atoms with E-state index in [0.29, 0.717) is 6.61 Å². The molecule has 1 aromatic carbocycles. The van der Waals surface area contributed by atoms with E-state index in [1.807, 2.05) is 32.9 Å². The van der Waals surface area contributed by atoms with Gasteiger partial charge in [-0.1, -0.05) is 0 Å². The fourth-order valence-corrected chi connectivity index (χ4v) is 4.00. The average Bonchev–Trinajstić information content (AvgIpc) is 2.93. The summed E-state index contributed by atoms with van der Waals surface area (Å²) in [5.41, 5.74) is 0. The maximum absolute atomic E-state index is 11.9. The molecule has 0 N–H and O–H groups in total. The quantitative estimate of drug-likeness (QED) is 0.517. The highest BCUT2D eigenvalue weighted by molar-refractivity contribution is 8.00. The van der Waals surface area contributed by atoms with E-state index < -0.39 is 4.75 Å². The summed E-state index contributed by atoms with van der Waals surface area (Å²) in [6.45, 7) is 6.29. The Balaban J connectivity index is 2.04. The van der Waals surface area contributed by atoms with Crippen LogP contribution in [0.15, 0.2) is 24.3 Å². The van der Waals surface area contributed by atoms with Crippen molar-refractivity contribution >= 4 is 39.2 Å². The van der Waals surface area contributed by atoms with E-state index in [9.17, 15) is 4.79 Å². The van der Waals surface area contributed by atoms with Gasteiger partial charge in [0.1, 0.15) is 10.5 Å². The fraction of sp³-hybridized carbons (Fsp3) is 0.471. The second-order valence-corrected chi connectivity index (χ2v) is 8.25. The maximum Gasteiger partial charge on any atom is 0.321 e. The van der Waals surface area contributed by atoms with Crippen LogP contribution in [0.5, 0.6) is 5.75 Å². The van der Waals surface area contributed by atoms with Crippen molar-refractivity contribution in [1.29, 1.82) is 0 Å². The number of thioether (sulfide) groups is 1. The second kappa shape index (κ2) is 8.04. The van der Waals surface area contributed by atoms with Gasteiger partial charge in [0.15, 0.2) is 6.79 Å². The lowest BCUT2D eigenvalue weighted by molar-refractivity contribution is -0.145. The maximum atomic E-state index is 11.9. The number of hydrogen-bond acceptors (Lipinski definition) is 6. The zero-order valence-corrected chi connectivity index (χ0v) is 15.5. The van der Waals surface area contributed by atoms with Crippen LogP contribution < -0.4 is 4.74 Å². The Morgan fingerprint density at radius 3 is 2.78 bits per heavy atom. The van der Waals surface area contributed by atoms with Gasteiger partial charge in [-0.3, -0.25) is 4.79 Å². The van der Waals surface area contributed by atoms with Crippen LogP contribution in [0.2, 0.25) is 0 Å². The summed E-state index contributed by atoms with van der Waals surface area (Å²) in [7, 11) is 1.60. The molecule has 2 rings (SSSR count). The van der Waals surface area contributed by atoms with Crippen LogP contribution in [0.3, 0.4) is 0 Å². The molecule has 0 atom stereocenters. The van der Waals surface area contributed by atoms with Gasteiger partial charge in [0.25, 0.3) is 0 Å². The van der Waals surface area contributed by atoms with E-state index in [1.54, 1.807) is 30.2 Å². The topological polar surface area (TPSA) is 44.8 Å². The number of ether oxygens (including phenoxy) is 3. The molecule has 23 heavy (non-hydrogen) atoms. The normalized spacial score (nSPS) is 11.7. The monoisotopic (exact) mass is 354 g/mol. The number of esters is 1. The number of carbonyl (C=O) groups excluding carboxylic acids is 1. The highest BCUT2D eigenvalue weighted by atomic mass is 32.2. The molecule has 2 aromatic rings. The summed E-state index contributed by atoms with van der Waals surface area (Å²) >= 11 is 3.33. The number of rotatable bonds is 8. The van der Waals surface area contributed by atoms with Gasteiger partial charge in [-0.25, -0.2) is 0 Å². The van der Waals surface area contributed by atoms with E-state index in [2.05, 4.69) is 12.1 Å². The molecular formula is C17H22O4S2. The molecular weight excluding hydrogens is 332 g/mol. The molecule has 0 amide bonds. The lowest BCUT2D eigenvalue weighted by Crippen LogP contribution is -2.30. The van der Waals surface area contributed by atoms with Gasteiger partial charge < -0.3 is 14.2 Å². The van der Waals surface area contributed by atoms with Gasteiger partial charge in [-0.15, -0.1) is 23.1 Å². The number of methoxy groups -OCH3 is 1. The molecule has 4 nitrogen and oxygen atoms in total. The third-order valence-electron chi connectivity index (χ3n) is 3.22. The Kier molecular flexibility index (Phi) is 6.33. The predicted molar refractivity (Wildman–Crippen MR) is 96.3 cm³/mol. The molecule has 6 heteroatoms. The van der Waals surface area contributed by atoms with Crippen molar-refractivity contribution in [3.05, 3.63) is 29.1 Å². The Morgan fingerprint density at radius 1 is 1.30 bits per heavy atom. The molecule has 0 saturated carbocycles. The summed E-state index contributed by atoms with van der Waals surface area (Å²) in [5, 5.41) is 1.15. The molecule has 1 heterocycles. The van der Waals surface area contributed by atoms with Crippen molar-refractivity contribution in [2.45, 2.75) is 31.3 Å². The second-order valence-electron chi connectivity index (χ2n) is 5.48. The molecule has 0 radical (unpaired) electrons. The summed E-state index contributed by atoms with van der Waals surface area (Å²) in [6.07, 6.45) is 0. The number of carbonyl (C=O) groups is 1. The minimum atomic E-state index is -0.543. The lowest BCUT2D eigenvalue weighted by atomic mass is 10.2. The van der Waals surface area contributed by atoms with E-state index in [4.69, 9.17) is 14.2 Å². The average molecular weight is 354 g/mol. The molecule has 0 saturated heterocycles. The van der Waals surface area contributed by atoms with E-state index in [0.717, 1.165) is 16.9 Å². The number of fused-ring (bicyclic) bond motifs is 1. The van der Waals surface area contributed by atoms with Gasteiger partial charge in [0.2, 0.25) is 0 Å². The third-order valence-corrected chi connectivity index (χ3v) is 5.87. The van der Waals surface area contributed by atoms with Crippen molar-refractivity contribution in [3.8, 4) is 5.75 Å². The summed E-state index contributed by atoms with van der Waals surface area (Å²) in [6, 6.07) is 8.15. The zero-order chi connectivity index (χ0) is 16.9. The summed E-state index contributed by atoms with van der Waals surface area (Å²) in [4.78, 5) is 13.2. The molecule has 1 aromatic heterocycles. The molecule has 126 valence electrons. The Morgan fingerprint density at radius 2 is 2.09 bits per heavy atom. The molecule has 0 bridgehead atoms. The zero-order valence-electron chi connectivity index (χ0n) is 13.9. The summed E-state index contributed by atoms with van der Waals surface area (Å²) in [5.74, 6) is 1.41. The van der Waals surface area contributed by atoms with Crippen LogP contribution in [-0.2, 0) is 20.0 Å². The first kappa shape index (κ1) is 18.1. The molecule has 0 aliphatic carbocycles. The van der Waals surface area contributed by atoms with Gasteiger partial charge in [-0.05, 0) is 50.4 Å². The van der Waals surface area contributed by atoms with Crippen molar-refractivity contribution < 1.29 is 19.0 Å². The Hall–Kier alpha value is -1.24. The van der Waals surface area contributed by atoms with Crippen LogP contribution in [0, 0.1) is 0 Å². The molecule has 0 unspecified atom stereocenters. The van der Waals surface area contributed by atoms with E-state index in [1.165, 1.54) is 9.58 Å². The highest BCUT2D eigenvalue weighted by Crippen LogP contribution is 2.35. The van der Waals surface area contributed by atoms with Crippen LogP contribution in [-0.4, -0.2) is 31.2 Å². The number of thiophene rings is 1. The molecule has 0 fully saturated rings. The van der Waals surface area contributed by atoms with Gasteiger partial charge in [0, 0.05) is 22.4 Å². The molecule has 0 aliphatic rings. The smallest absolute Gasteiger partial charge is 0.321 e. The van der Waals surface area contributed by atoms with E-state index in [-0.39, 0.29) is 12.8 Å². The van der Waals surface area contributed by atoms with Crippen molar-refractivity contribution in [2.75, 3.05) is 20.5 Å². The Labute approximate surface area is 145 Å². The Bertz CT molecular complexity index is 664. The fourth-order valence-electron chi connectivity index (χ4n) is 1.98. The molecule has 0 spiro atoms. The van der Waals surface area contributed by atoms with Gasteiger partial charge in [-0.2, -0.15) is 0 Å². The van der Waals surface area contributed by atoms with Crippen molar-refractivity contribution in [3.63, 3.8) is 0 Å². The number of benzene rings is 1. The number of hydrogen-bond donors (Lipinski definition) is 0. The first-order valence-electron chi connectivity index (χ1n) is 7.41. The largest absolute Gasteiger partial charge is 0.468 e. The predicted octanol–water partition coefficient (Wildman–Crippen LogP) is 4.46. The third kappa shape index (κ3) is 4.86. The van der Waals surface area contributed by atoms with Crippen molar-refractivity contribution in [2.24, 2.45) is 0 Å². The molecule has 0 aliphatic heterocycles. The van der Waals surface area contributed by atoms with Crippen molar-refractivity contribution in [1.82, 2.24) is 0 Å². The highest BCUT2D eigenvalue weighted by Gasteiger charge is 2.29. The minimum absolute atomic E-state index is 0.165. The first-order chi connectivity index (χ1) is 11.0. The van der Waals surface area contributed by atoms with Crippen LogP contribution in [0.25, 0.3) is 10.1 Å².